The first-order valence-corrected chi connectivity index (χ1v) is 6.05. The second-order valence-corrected chi connectivity index (χ2v) is 4.41. The van der Waals surface area contributed by atoms with Crippen LogP contribution >= 0.6 is 0 Å². The van der Waals surface area contributed by atoms with E-state index in [4.69, 9.17) is 11.0 Å². The summed E-state index contributed by atoms with van der Waals surface area (Å²) < 4.78 is 0. The van der Waals surface area contributed by atoms with Gasteiger partial charge in [-0.1, -0.05) is 19.1 Å². The van der Waals surface area contributed by atoms with Gasteiger partial charge in [0.15, 0.2) is 0 Å². The van der Waals surface area contributed by atoms with Gasteiger partial charge in [0.25, 0.3) is 0 Å². The van der Waals surface area contributed by atoms with Crippen LogP contribution in [-0.2, 0) is 6.42 Å². The number of nitrogens with zero attached hydrogens (tertiary/aromatic N) is 1. The summed E-state index contributed by atoms with van der Waals surface area (Å²) in [7, 11) is 0. The molecule has 0 radical (unpaired) electrons. The molecule has 0 atom stereocenters. The maximum Gasteiger partial charge on any atom is 0.0991 e. The summed E-state index contributed by atoms with van der Waals surface area (Å²) in [4.78, 5) is 0. The van der Waals surface area contributed by atoms with Crippen LogP contribution in [0.4, 0.5) is 5.69 Å². The van der Waals surface area contributed by atoms with Gasteiger partial charge in [0, 0.05) is 5.69 Å². The molecule has 0 aliphatic heterocycles. The van der Waals surface area contributed by atoms with Crippen molar-refractivity contribution in [2.24, 2.45) is 0 Å². The van der Waals surface area contributed by atoms with Gasteiger partial charge in [-0.3, -0.25) is 0 Å². The Labute approximate surface area is 108 Å². The van der Waals surface area contributed by atoms with Crippen molar-refractivity contribution in [3.8, 4) is 17.2 Å². The van der Waals surface area contributed by atoms with Crippen LogP contribution in [0.1, 0.15) is 23.6 Å². The summed E-state index contributed by atoms with van der Waals surface area (Å²) in [6.45, 7) is 4.20. The van der Waals surface area contributed by atoms with Gasteiger partial charge in [0.05, 0.1) is 11.6 Å². The molecule has 0 fully saturated rings. The molecule has 2 heteroatoms. The number of aryl methyl sites for hydroxylation is 2. The Morgan fingerprint density at radius 2 is 1.83 bits per heavy atom. The van der Waals surface area contributed by atoms with E-state index in [0.29, 0.717) is 5.56 Å². The number of hydrogen-bond acceptors (Lipinski definition) is 2. The van der Waals surface area contributed by atoms with E-state index in [2.05, 4.69) is 19.9 Å². The molecular formula is C16H16N2. The van der Waals surface area contributed by atoms with Crippen molar-refractivity contribution < 1.29 is 0 Å². The zero-order chi connectivity index (χ0) is 13.1. The summed E-state index contributed by atoms with van der Waals surface area (Å²) in [5.74, 6) is 0. The van der Waals surface area contributed by atoms with E-state index in [1.165, 1.54) is 16.7 Å². The Balaban J connectivity index is 2.59. The fourth-order valence-corrected chi connectivity index (χ4v) is 2.29. The van der Waals surface area contributed by atoms with Crippen LogP contribution in [0.3, 0.4) is 0 Å². The van der Waals surface area contributed by atoms with E-state index in [-0.39, 0.29) is 0 Å². The lowest BCUT2D eigenvalue weighted by atomic mass is 9.92. The van der Waals surface area contributed by atoms with Gasteiger partial charge in [-0.2, -0.15) is 5.26 Å². The van der Waals surface area contributed by atoms with Crippen molar-refractivity contribution in [2.75, 3.05) is 5.73 Å². The number of benzene rings is 2. The highest BCUT2D eigenvalue weighted by atomic mass is 14.5. The largest absolute Gasteiger partial charge is 0.399 e. The second-order valence-electron chi connectivity index (χ2n) is 4.41. The van der Waals surface area contributed by atoms with Crippen molar-refractivity contribution in [2.45, 2.75) is 20.3 Å². The molecule has 0 saturated carbocycles. The molecule has 0 heterocycles. The SMILES string of the molecule is CCc1cc(N)cc(C)c1-c1ccc(C#N)cc1. The number of nitrogen functional groups attached to an aromatic ring is 1. The normalized spacial score (nSPS) is 10.1. The molecule has 2 aromatic carbocycles. The van der Waals surface area contributed by atoms with E-state index in [1.54, 1.807) is 0 Å². The highest BCUT2D eigenvalue weighted by Crippen LogP contribution is 2.30. The highest BCUT2D eigenvalue weighted by molar-refractivity contribution is 5.74. The number of hydrogen-bond donors (Lipinski definition) is 1. The van der Waals surface area contributed by atoms with Gasteiger partial charge in [-0.15, -0.1) is 0 Å². The third kappa shape index (κ3) is 2.21. The number of nitriles is 1. The first-order chi connectivity index (χ1) is 8.65. The van der Waals surface area contributed by atoms with E-state index >= 15 is 0 Å². The van der Waals surface area contributed by atoms with Gasteiger partial charge in [-0.25, -0.2) is 0 Å². The molecular weight excluding hydrogens is 220 g/mol. The zero-order valence-electron chi connectivity index (χ0n) is 10.7. The molecule has 0 aromatic heterocycles. The van der Waals surface area contributed by atoms with Gasteiger partial charge >= 0.3 is 0 Å². The molecule has 2 rings (SSSR count). The van der Waals surface area contributed by atoms with Crippen LogP contribution in [0.2, 0.25) is 0 Å². The van der Waals surface area contributed by atoms with Crippen molar-refractivity contribution in [1.82, 2.24) is 0 Å². The molecule has 0 aliphatic rings. The van der Waals surface area contributed by atoms with Crippen LogP contribution in [0.15, 0.2) is 36.4 Å². The fraction of sp³-hybridized carbons (Fsp3) is 0.188. The van der Waals surface area contributed by atoms with E-state index in [1.807, 2.05) is 36.4 Å². The van der Waals surface area contributed by atoms with Crippen LogP contribution < -0.4 is 5.73 Å². The quantitative estimate of drug-likeness (QED) is 0.809. The minimum absolute atomic E-state index is 0.685. The minimum Gasteiger partial charge on any atom is -0.399 e. The van der Waals surface area contributed by atoms with Gasteiger partial charge in [-0.05, 0) is 59.9 Å². The summed E-state index contributed by atoms with van der Waals surface area (Å²) in [6.07, 6.45) is 0.946. The summed E-state index contributed by atoms with van der Waals surface area (Å²) in [5, 5.41) is 8.82. The Kier molecular flexibility index (Phi) is 3.34. The minimum atomic E-state index is 0.685. The molecule has 2 nitrogen and oxygen atoms in total. The fourth-order valence-electron chi connectivity index (χ4n) is 2.29. The smallest absolute Gasteiger partial charge is 0.0991 e. The standard InChI is InChI=1S/C16H16N2/c1-3-13-9-15(18)8-11(2)16(13)14-6-4-12(10-17)5-7-14/h4-9H,3,18H2,1-2H3. The molecule has 0 saturated heterocycles. The molecule has 2 aromatic rings. The molecule has 0 bridgehead atoms. The zero-order valence-corrected chi connectivity index (χ0v) is 10.7. The Bertz CT molecular complexity index is 604. The number of rotatable bonds is 2. The predicted molar refractivity (Wildman–Crippen MR) is 75.1 cm³/mol. The average molecular weight is 236 g/mol. The summed E-state index contributed by atoms with van der Waals surface area (Å²) in [6, 6.07) is 13.9. The van der Waals surface area contributed by atoms with Gasteiger partial charge in [0.1, 0.15) is 0 Å². The third-order valence-electron chi connectivity index (χ3n) is 3.12. The van der Waals surface area contributed by atoms with Crippen LogP contribution in [0.25, 0.3) is 11.1 Å². The monoisotopic (exact) mass is 236 g/mol. The molecule has 0 aliphatic carbocycles. The second kappa shape index (κ2) is 4.93. The van der Waals surface area contributed by atoms with Crippen LogP contribution in [-0.4, -0.2) is 0 Å². The van der Waals surface area contributed by atoms with Gasteiger partial charge < -0.3 is 5.73 Å². The molecule has 0 spiro atoms. The Hall–Kier alpha value is -2.27. The lowest BCUT2D eigenvalue weighted by Gasteiger charge is -2.13. The molecule has 18 heavy (non-hydrogen) atoms. The topological polar surface area (TPSA) is 49.8 Å². The lowest BCUT2D eigenvalue weighted by molar-refractivity contribution is 1.14. The predicted octanol–water partition coefficient (Wildman–Crippen LogP) is 3.68. The summed E-state index contributed by atoms with van der Waals surface area (Å²) in [5.41, 5.74) is 12.2. The molecule has 0 unspecified atom stereocenters. The van der Waals surface area contributed by atoms with Crippen molar-refractivity contribution in [3.05, 3.63) is 53.1 Å². The van der Waals surface area contributed by atoms with E-state index in [0.717, 1.165) is 17.7 Å². The van der Waals surface area contributed by atoms with Crippen LogP contribution in [0.5, 0.6) is 0 Å². The number of anilines is 1. The molecule has 90 valence electrons. The Morgan fingerprint density at radius 3 is 2.39 bits per heavy atom. The Morgan fingerprint density at radius 1 is 1.17 bits per heavy atom. The van der Waals surface area contributed by atoms with Crippen molar-refractivity contribution in [1.29, 1.82) is 5.26 Å². The van der Waals surface area contributed by atoms with Gasteiger partial charge in [0.2, 0.25) is 0 Å². The lowest BCUT2D eigenvalue weighted by Crippen LogP contribution is -1.95. The first-order valence-electron chi connectivity index (χ1n) is 6.05. The average Bonchev–Trinajstić information content (AvgIpc) is 2.38. The maximum atomic E-state index is 8.82. The first kappa shape index (κ1) is 12.2. The van der Waals surface area contributed by atoms with Crippen molar-refractivity contribution >= 4 is 5.69 Å². The van der Waals surface area contributed by atoms with Crippen LogP contribution in [0, 0.1) is 18.3 Å². The third-order valence-corrected chi connectivity index (χ3v) is 3.12. The molecule has 2 N–H and O–H groups in total. The molecule has 0 amide bonds. The highest BCUT2D eigenvalue weighted by Gasteiger charge is 2.08. The van der Waals surface area contributed by atoms with E-state index in [9.17, 15) is 0 Å². The number of nitrogens with two attached hydrogens (primary N) is 1. The van der Waals surface area contributed by atoms with Crippen molar-refractivity contribution in [3.63, 3.8) is 0 Å². The summed E-state index contributed by atoms with van der Waals surface area (Å²) >= 11 is 0. The maximum absolute atomic E-state index is 8.82. The van der Waals surface area contributed by atoms with E-state index < -0.39 is 0 Å².